The zero-order valence-corrected chi connectivity index (χ0v) is 60.6. The van der Waals surface area contributed by atoms with Crippen LogP contribution in [0.2, 0.25) is 0 Å². The first-order valence-corrected chi connectivity index (χ1v) is 31.9. The molecule has 26 heteroatoms. The number of likely N-dealkylation sites (N-methyl/N-ethyl adjacent to an activating group) is 3. The van der Waals surface area contributed by atoms with Gasteiger partial charge in [0.25, 0.3) is 0 Å². The Hall–Kier alpha value is -7.32. The van der Waals surface area contributed by atoms with Gasteiger partial charge in [0.05, 0.1) is 101 Å². The van der Waals surface area contributed by atoms with E-state index in [-0.39, 0.29) is 101 Å². The van der Waals surface area contributed by atoms with Crippen LogP contribution in [0.1, 0.15) is 137 Å². The molecule has 1 unspecified atom stereocenters. The van der Waals surface area contributed by atoms with Crippen molar-refractivity contribution in [3.8, 4) is 86.2 Å². The molecule has 0 bridgehead atoms. The number of cyclic esters (lactones) is 1. The number of methoxy groups -OCH3 is 9. The van der Waals surface area contributed by atoms with Gasteiger partial charge in [-0.2, -0.15) is 0 Å². The first kappa shape index (κ1) is 73.9. The number of hydrogen-bond donors (Lipinski definition) is 1. The normalized spacial score (nSPS) is 21.8. The van der Waals surface area contributed by atoms with Crippen molar-refractivity contribution in [2.75, 3.05) is 132 Å². The minimum atomic E-state index is -0.523. The Morgan fingerprint density at radius 3 is 1.32 bits per heavy atom. The van der Waals surface area contributed by atoms with Gasteiger partial charge in [-0.25, -0.2) is 4.79 Å². The summed E-state index contributed by atoms with van der Waals surface area (Å²) < 4.78 is 103. The topological polar surface area (TPSA) is 210 Å². The molecule has 0 spiro atoms. The smallest absolute Gasteiger partial charge is 1.00 e. The third kappa shape index (κ3) is 13.3. The van der Waals surface area contributed by atoms with Gasteiger partial charge in [0.15, 0.2) is 69.0 Å². The second-order valence-corrected chi connectivity index (χ2v) is 24.1. The van der Waals surface area contributed by atoms with E-state index in [4.69, 9.17) is 98.4 Å². The van der Waals surface area contributed by atoms with Crippen LogP contribution in [0.15, 0.2) is 54.6 Å². The Morgan fingerprint density at radius 1 is 0.526 bits per heavy atom. The summed E-state index contributed by atoms with van der Waals surface area (Å²) in [7, 11) is 27.6. The molecule has 15 rings (SSSR count). The van der Waals surface area contributed by atoms with Crippen molar-refractivity contribution >= 4 is 22.4 Å². The number of benzene rings is 6. The molecule has 0 amide bonds. The number of quaternary nitrogens is 1. The van der Waals surface area contributed by atoms with Crippen molar-refractivity contribution < 1.29 is 131 Å². The van der Waals surface area contributed by atoms with Gasteiger partial charge in [0, 0.05) is 69.4 Å². The van der Waals surface area contributed by atoms with Crippen LogP contribution in [-0.4, -0.2) is 173 Å². The summed E-state index contributed by atoms with van der Waals surface area (Å²) in [6, 6.07) is 17.4. The van der Waals surface area contributed by atoms with Crippen molar-refractivity contribution in [2.45, 2.75) is 96.1 Å². The molecular formula is C71H88B2N3NaO20+. The van der Waals surface area contributed by atoms with E-state index in [1.54, 1.807) is 69.9 Å². The molecule has 97 heavy (non-hydrogen) atoms. The zero-order valence-electron chi connectivity index (χ0n) is 59.6. The van der Waals surface area contributed by atoms with Crippen molar-refractivity contribution in [1.82, 2.24) is 9.80 Å². The Balaban J connectivity index is 0.000000177. The van der Waals surface area contributed by atoms with Crippen LogP contribution in [0, 0.1) is 0 Å². The summed E-state index contributed by atoms with van der Waals surface area (Å²) in [5.41, 5.74) is 11.9. The minimum absolute atomic E-state index is 0. The fourth-order valence-electron chi connectivity index (χ4n) is 14.5. The number of carbonyl (C=O) groups is 1. The van der Waals surface area contributed by atoms with Crippen LogP contribution in [0.3, 0.4) is 0 Å². The molecule has 9 heterocycles. The fourth-order valence-corrected chi connectivity index (χ4v) is 14.5. The molecule has 6 aromatic rings. The average Bonchev–Trinajstić information content (AvgIpc) is 1.39. The number of carbonyl (C=O) groups excluding carboxylic acids is 1. The van der Waals surface area contributed by atoms with E-state index in [1.807, 2.05) is 44.4 Å². The van der Waals surface area contributed by atoms with Crippen LogP contribution in [0.25, 0.3) is 0 Å². The summed E-state index contributed by atoms with van der Waals surface area (Å²) in [4.78, 5) is 17.4. The number of rotatable bonds is 12. The Labute approximate surface area is 594 Å². The van der Waals surface area contributed by atoms with Gasteiger partial charge in [-0.05, 0) is 98.1 Å². The van der Waals surface area contributed by atoms with E-state index in [0.29, 0.717) is 82.0 Å². The van der Waals surface area contributed by atoms with E-state index in [2.05, 4.69) is 48.9 Å². The van der Waals surface area contributed by atoms with Crippen molar-refractivity contribution in [3.05, 3.63) is 121 Å². The molecule has 0 saturated heterocycles. The van der Waals surface area contributed by atoms with Crippen molar-refractivity contribution in [2.24, 2.45) is 0 Å². The maximum Gasteiger partial charge on any atom is 1.00 e. The molecular weight excluding hydrogens is 1260 g/mol. The largest absolute Gasteiger partial charge is 1.00 e. The second kappa shape index (κ2) is 31.7. The molecule has 9 aliphatic rings. The van der Waals surface area contributed by atoms with E-state index in [0.717, 1.165) is 118 Å². The predicted molar refractivity (Wildman–Crippen MR) is 356 cm³/mol. The standard InChI is InChI=1S/C22H25BNO6.C22H23NO7.C22H25NO6.C3H8.C2H6O.B.Na.H/c1-24(23)8-7-12-9-16-21(30-11-29-16)22(27-4)17(12)18(24)20-13-5-6-15(25-2)19(26-3)14(13)10-28-20;1-23-8-7-11-9-14-20(29-10-28-14)21(27-4)15(11)17(23)18-12-5-6-13(25-2)19(26-3)16(12)22(24)30-18;1-23-8-7-12-9-16-21(29-11-28-16)22(26-4)17(12)18(23)20-13-5-6-15(24-2)19(25-3)14(13)10-27-20;1-3-2;1-2-3;;;/h5-6,9,18,20H,7-8,10-11H2,1-4H3;5-6,9,17-18H,7-8,10H2,1-4H3;5-6,9,18,20H,7-8,10-11H2,1-4H3;3H2,1-2H3;3H,2H2,1H3;;;/q+1;;;;;;+1;-1/t18-,20+,24?;17-,18+;18-,20+;;;;;/m111...../s1. The number of esters is 1. The summed E-state index contributed by atoms with van der Waals surface area (Å²) in [5.74, 6) is 9.41. The van der Waals surface area contributed by atoms with Gasteiger partial charge in [-0.15, -0.1) is 0 Å². The molecule has 0 fully saturated rings. The van der Waals surface area contributed by atoms with Gasteiger partial charge in [0.1, 0.15) is 29.9 Å². The molecule has 7 atom stereocenters. The van der Waals surface area contributed by atoms with Gasteiger partial charge in [0.2, 0.25) is 37.6 Å². The number of ether oxygens (including phenoxy) is 18. The molecule has 1 N–H and O–H groups in total. The number of aliphatic hydroxyl groups excluding tert-OH is 1. The summed E-state index contributed by atoms with van der Waals surface area (Å²) in [6.45, 7) is 10.1. The number of aliphatic hydroxyl groups is 1. The first-order valence-electron chi connectivity index (χ1n) is 31.9. The van der Waals surface area contributed by atoms with Crippen LogP contribution in [0.5, 0.6) is 86.2 Å². The van der Waals surface area contributed by atoms with Crippen LogP contribution >= 0.6 is 0 Å². The summed E-state index contributed by atoms with van der Waals surface area (Å²) in [5, 5.41) is 7.57. The molecule has 23 nitrogen and oxygen atoms in total. The maximum atomic E-state index is 12.9. The molecule has 0 aromatic heterocycles. The van der Waals surface area contributed by atoms with Gasteiger partial charge < -0.3 is 96.2 Å². The van der Waals surface area contributed by atoms with Crippen LogP contribution in [-0.2, 0) is 46.7 Å². The van der Waals surface area contributed by atoms with E-state index in [9.17, 15) is 4.79 Å². The van der Waals surface area contributed by atoms with E-state index < -0.39 is 12.1 Å². The van der Waals surface area contributed by atoms with Crippen molar-refractivity contribution in [3.63, 3.8) is 0 Å². The predicted octanol–water partition coefficient (Wildman–Crippen LogP) is 7.11. The van der Waals surface area contributed by atoms with Gasteiger partial charge >= 0.3 is 43.5 Å². The van der Waals surface area contributed by atoms with E-state index in [1.165, 1.54) is 19.1 Å². The van der Waals surface area contributed by atoms with Crippen LogP contribution in [0.4, 0.5) is 0 Å². The Kier molecular flexibility index (Phi) is 24.1. The Bertz CT molecular complexity index is 3830. The zero-order chi connectivity index (χ0) is 67.6. The first-order chi connectivity index (χ1) is 46.1. The molecule has 6 aromatic carbocycles. The van der Waals surface area contributed by atoms with Gasteiger partial charge in [-0.1, -0.05) is 38.5 Å². The molecule has 5 radical (unpaired) electrons. The minimum Gasteiger partial charge on any atom is -1.00 e. The summed E-state index contributed by atoms with van der Waals surface area (Å²) >= 11 is 0. The van der Waals surface area contributed by atoms with E-state index >= 15 is 0 Å². The Morgan fingerprint density at radius 2 is 0.897 bits per heavy atom. The third-order valence-corrected chi connectivity index (χ3v) is 18.6. The quantitative estimate of drug-likeness (QED) is 0.0955. The maximum absolute atomic E-state index is 12.9. The average molecular weight is 1350 g/mol. The second-order valence-electron chi connectivity index (χ2n) is 24.1. The molecule has 0 saturated carbocycles. The fraction of sp³-hybridized carbons (Fsp3) is 0.479. The molecule has 9 aliphatic heterocycles. The third-order valence-electron chi connectivity index (χ3n) is 18.6. The SMILES string of the molecule is CCC.CCO.COc1ccc2c(c1OC)C(=O)O[C@@H]2[C@H]1c2c(cc3c(c2OC)OCO3)CCN1C.COc1ccc2c(c1OC)CO[C@@H]2[C@H]1c2c(cc3c(c2OC)OCO3)CCN1C.[B].[B][N+]1(C)CCc2cc3c(c(OC)c2[C@@H]1[C@H]1OCc2c1ccc(OC)c2OC)OCO3.[H-].[Na+]. The molecule has 0 aliphatic carbocycles. The number of hydrogen-bond acceptors (Lipinski definition) is 22. The molecule has 513 valence electrons. The number of fused-ring (bicyclic) bond motifs is 9. The van der Waals surface area contributed by atoms with Gasteiger partial charge in [-0.3, -0.25) is 9.80 Å². The monoisotopic (exact) mass is 1350 g/mol. The summed E-state index contributed by atoms with van der Waals surface area (Å²) in [6.07, 6.45) is 2.88. The van der Waals surface area contributed by atoms with Crippen LogP contribution < -0.4 is 101 Å². The van der Waals surface area contributed by atoms with Crippen molar-refractivity contribution in [1.29, 1.82) is 0 Å². The number of nitrogens with zero attached hydrogens (tertiary/aromatic N) is 3.